The Bertz CT molecular complexity index is 907. The Hall–Kier alpha value is -2.15. The first-order valence-corrected chi connectivity index (χ1v) is 10.6. The summed E-state index contributed by atoms with van der Waals surface area (Å²) >= 11 is 7.43. The lowest BCUT2D eigenvalue weighted by molar-refractivity contribution is 0.261. The second-order valence-electron chi connectivity index (χ2n) is 6.84. The van der Waals surface area contributed by atoms with Crippen molar-refractivity contribution < 1.29 is 4.74 Å². The van der Waals surface area contributed by atoms with Gasteiger partial charge in [-0.2, -0.15) is 9.36 Å². The molecule has 0 radical (unpaired) electrons. The molecule has 146 valence electrons. The predicted octanol–water partition coefficient (Wildman–Crippen LogP) is 4.23. The molecule has 0 spiro atoms. The molecule has 1 fully saturated rings. The van der Waals surface area contributed by atoms with E-state index < -0.39 is 0 Å². The number of methoxy groups -OCH3 is 1. The second-order valence-corrected chi connectivity index (χ2v) is 8.00. The number of hydrogen-bond donors (Lipinski definition) is 0. The maximum Gasteiger partial charge on any atom is 0.205 e. The summed E-state index contributed by atoms with van der Waals surface area (Å²) in [6, 6.07) is 16.0. The molecule has 0 saturated carbocycles. The monoisotopic (exact) mass is 414 g/mol. The van der Waals surface area contributed by atoms with E-state index in [-0.39, 0.29) is 0 Å². The number of hydrogen-bond acceptors (Lipinski definition) is 6. The van der Waals surface area contributed by atoms with Crippen LogP contribution in [0.25, 0.3) is 11.4 Å². The zero-order valence-electron chi connectivity index (χ0n) is 15.8. The number of ether oxygens (including phenoxy) is 1. The van der Waals surface area contributed by atoms with Crippen LogP contribution in [-0.4, -0.2) is 54.1 Å². The fourth-order valence-corrected chi connectivity index (χ4v) is 4.20. The smallest absolute Gasteiger partial charge is 0.205 e. The average molecular weight is 415 g/mol. The van der Waals surface area contributed by atoms with E-state index in [1.54, 1.807) is 7.11 Å². The lowest BCUT2D eigenvalue weighted by Gasteiger charge is -2.34. The van der Waals surface area contributed by atoms with E-state index in [2.05, 4.69) is 32.4 Å². The molecule has 3 aromatic rings. The largest absolute Gasteiger partial charge is 0.497 e. The van der Waals surface area contributed by atoms with Gasteiger partial charge in [0.1, 0.15) is 5.75 Å². The molecular weight excluding hydrogens is 392 g/mol. The Morgan fingerprint density at radius 3 is 2.61 bits per heavy atom. The van der Waals surface area contributed by atoms with Crippen LogP contribution in [0.5, 0.6) is 5.75 Å². The normalized spacial score (nSPS) is 15.0. The molecule has 0 amide bonds. The molecule has 2 heterocycles. The van der Waals surface area contributed by atoms with Crippen molar-refractivity contribution in [2.45, 2.75) is 6.42 Å². The van der Waals surface area contributed by atoms with Crippen LogP contribution >= 0.6 is 23.1 Å². The third-order valence-electron chi connectivity index (χ3n) is 5.01. The third kappa shape index (κ3) is 4.63. The number of nitrogens with zero attached hydrogens (tertiary/aromatic N) is 4. The Morgan fingerprint density at radius 1 is 1.07 bits per heavy atom. The summed E-state index contributed by atoms with van der Waals surface area (Å²) < 4.78 is 9.83. The van der Waals surface area contributed by atoms with E-state index in [4.69, 9.17) is 21.3 Å². The molecule has 1 saturated heterocycles. The van der Waals surface area contributed by atoms with Crippen LogP contribution in [-0.2, 0) is 6.42 Å². The van der Waals surface area contributed by atoms with Gasteiger partial charge < -0.3 is 9.64 Å². The lowest BCUT2D eigenvalue weighted by Crippen LogP contribution is -2.47. The fraction of sp³-hybridized carbons (Fsp3) is 0.333. The van der Waals surface area contributed by atoms with Gasteiger partial charge in [0.05, 0.1) is 7.11 Å². The topological polar surface area (TPSA) is 41.5 Å². The van der Waals surface area contributed by atoms with Crippen molar-refractivity contribution >= 4 is 28.3 Å². The van der Waals surface area contributed by atoms with Gasteiger partial charge in [0, 0.05) is 54.8 Å². The highest BCUT2D eigenvalue weighted by molar-refractivity contribution is 7.09. The molecule has 0 atom stereocenters. The SMILES string of the molecule is COc1cccc(CCN2CCN(c3nc(-c4ccc(Cl)cc4)ns3)CC2)c1. The third-order valence-corrected chi connectivity index (χ3v) is 6.04. The minimum absolute atomic E-state index is 0.726. The summed E-state index contributed by atoms with van der Waals surface area (Å²) in [4.78, 5) is 9.57. The maximum atomic E-state index is 5.96. The summed E-state index contributed by atoms with van der Waals surface area (Å²) in [6.07, 6.45) is 1.04. The molecule has 5 nitrogen and oxygen atoms in total. The van der Waals surface area contributed by atoms with Crippen molar-refractivity contribution in [3.8, 4) is 17.1 Å². The summed E-state index contributed by atoms with van der Waals surface area (Å²) in [7, 11) is 1.71. The molecular formula is C21H23ClN4OS. The first-order chi connectivity index (χ1) is 13.7. The Balaban J connectivity index is 1.30. The quantitative estimate of drug-likeness (QED) is 0.603. The number of anilines is 1. The van der Waals surface area contributed by atoms with Crippen LogP contribution in [0, 0.1) is 0 Å². The standard InChI is InChI=1S/C21H23ClN4OS/c1-27-19-4-2-3-16(15-19)9-10-25-11-13-26(14-12-25)21-23-20(24-28-21)17-5-7-18(22)8-6-17/h2-8,15H,9-14H2,1H3. The highest BCUT2D eigenvalue weighted by Gasteiger charge is 2.20. The minimum Gasteiger partial charge on any atom is -0.497 e. The van der Waals surface area contributed by atoms with Crippen molar-refractivity contribution in [2.75, 3.05) is 44.7 Å². The number of rotatable bonds is 6. The van der Waals surface area contributed by atoms with Gasteiger partial charge in [0.25, 0.3) is 0 Å². The number of benzene rings is 2. The van der Waals surface area contributed by atoms with Gasteiger partial charge >= 0.3 is 0 Å². The van der Waals surface area contributed by atoms with E-state index in [9.17, 15) is 0 Å². The number of aromatic nitrogens is 2. The summed E-state index contributed by atoms with van der Waals surface area (Å²) in [5.41, 5.74) is 2.32. The van der Waals surface area contributed by atoms with Crippen molar-refractivity contribution in [2.24, 2.45) is 0 Å². The van der Waals surface area contributed by atoms with Crippen LogP contribution < -0.4 is 9.64 Å². The van der Waals surface area contributed by atoms with E-state index in [0.29, 0.717) is 0 Å². The van der Waals surface area contributed by atoms with E-state index in [1.165, 1.54) is 17.1 Å². The molecule has 0 N–H and O–H groups in total. The Morgan fingerprint density at radius 2 is 1.86 bits per heavy atom. The van der Waals surface area contributed by atoms with Gasteiger partial charge in [-0.15, -0.1) is 0 Å². The summed E-state index contributed by atoms with van der Waals surface area (Å²) in [5.74, 6) is 1.70. The second kappa shape index (κ2) is 8.90. The minimum atomic E-state index is 0.726. The first-order valence-electron chi connectivity index (χ1n) is 9.41. The molecule has 1 aliphatic rings. The Labute approximate surface area is 174 Å². The van der Waals surface area contributed by atoms with Crippen LogP contribution in [0.1, 0.15) is 5.56 Å². The fourth-order valence-electron chi connectivity index (χ4n) is 3.34. The van der Waals surface area contributed by atoms with Crippen LogP contribution in [0.2, 0.25) is 5.02 Å². The molecule has 28 heavy (non-hydrogen) atoms. The summed E-state index contributed by atoms with van der Waals surface area (Å²) in [5, 5.41) is 1.72. The van der Waals surface area contributed by atoms with Crippen LogP contribution in [0.4, 0.5) is 5.13 Å². The van der Waals surface area contributed by atoms with Gasteiger partial charge in [0.15, 0.2) is 5.82 Å². The van der Waals surface area contributed by atoms with E-state index in [0.717, 1.165) is 66.4 Å². The average Bonchev–Trinajstić information content (AvgIpc) is 3.23. The van der Waals surface area contributed by atoms with Gasteiger partial charge in [-0.05, 0) is 48.4 Å². The van der Waals surface area contributed by atoms with Gasteiger partial charge in [-0.3, -0.25) is 4.90 Å². The zero-order valence-corrected chi connectivity index (χ0v) is 17.4. The highest BCUT2D eigenvalue weighted by atomic mass is 35.5. The van der Waals surface area contributed by atoms with Crippen molar-refractivity contribution in [3.05, 3.63) is 59.1 Å². The molecule has 2 aromatic carbocycles. The Kier molecular flexibility index (Phi) is 6.10. The van der Waals surface area contributed by atoms with Crippen LogP contribution in [0.3, 0.4) is 0 Å². The van der Waals surface area contributed by atoms with Crippen LogP contribution in [0.15, 0.2) is 48.5 Å². The van der Waals surface area contributed by atoms with Crippen molar-refractivity contribution in [1.29, 1.82) is 0 Å². The molecule has 0 unspecified atom stereocenters. The maximum absolute atomic E-state index is 5.96. The molecule has 4 rings (SSSR count). The highest BCUT2D eigenvalue weighted by Crippen LogP contribution is 2.26. The van der Waals surface area contributed by atoms with Gasteiger partial charge in [-0.25, -0.2) is 0 Å². The zero-order chi connectivity index (χ0) is 19.3. The molecule has 0 aliphatic carbocycles. The van der Waals surface area contributed by atoms with Crippen molar-refractivity contribution in [1.82, 2.24) is 14.3 Å². The molecule has 1 aliphatic heterocycles. The summed E-state index contributed by atoms with van der Waals surface area (Å²) in [6.45, 7) is 5.10. The molecule has 0 bridgehead atoms. The lowest BCUT2D eigenvalue weighted by atomic mass is 10.1. The predicted molar refractivity (Wildman–Crippen MR) is 116 cm³/mol. The molecule has 7 heteroatoms. The van der Waals surface area contributed by atoms with Crippen molar-refractivity contribution in [3.63, 3.8) is 0 Å². The van der Waals surface area contributed by atoms with E-state index >= 15 is 0 Å². The number of halogens is 1. The van der Waals surface area contributed by atoms with Gasteiger partial charge in [-0.1, -0.05) is 23.7 Å². The molecule has 1 aromatic heterocycles. The van der Waals surface area contributed by atoms with E-state index in [1.807, 2.05) is 30.3 Å². The number of piperazine rings is 1. The first kappa shape index (κ1) is 19.2. The van der Waals surface area contributed by atoms with Gasteiger partial charge in [0.2, 0.25) is 5.13 Å².